The molecule has 1 saturated carbocycles. The molecular weight excluding hydrogens is 198 g/mol. The predicted molar refractivity (Wildman–Crippen MR) is 64.4 cm³/mol. The van der Waals surface area contributed by atoms with Crippen LogP contribution in [0.5, 0.6) is 0 Å². The minimum Gasteiger partial charge on any atom is -0.361 e. The van der Waals surface area contributed by atoms with Crippen molar-refractivity contribution in [3.05, 3.63) is 36.0 Å². The van der Waals surface area contributed by atoms with E-state index in [1.54, 1.807) is 0 Å². The zero-order valence-electron chi connectivity index (χ0n) is 9.20. The van der Waals surface area contributed by atoms with Gasteiger partial charge in [0.2, 0.25) is 0 Å². The third-order valence-electron chi connectivity index (χ3n) is 3.57. The summed E-state index contributed by atoms with van der Waals surface area (Å²) in [7, 11) is 0. The highest BCUT2D eigenvalue weighted by molar-refractivity contribution is 5.86. The smallest absolute Gasteiger partial charge is 0.136 e. The van der Waals surface area contributed by atoms with E-state index in [0.29, 0.717) is 5.78 Å². The standard InChI is InChI=1S/C14H15NO/c16-14-7-3-4-10(14)8-11-9-15-13-6-2-1-5-12(11)13/h1-2,5-6,9-10,15H,3-4,7-8H2. The quantitative estimate of drug-likeness (QED) is 0.817. The molecule has 0 aliphatic heterocycles. The first-order valence-corrected chi connectivity index (χ1v) is 5.92. The highest BCUT2D eigenvalue weighted by atomic mass is 16.1. The fourth-order valence-corrected chi connectivity index (χ4v) is 2.67. The fraction of sp³-hybridized carbons (Fsp3) is 0.357. The van der Waals surface area contributed by atoms with Crippen molar-refractivity contribution >= 4 is 16.7 Å². The van der Waals surface area contributed by atoms with Gasteiger partial charge in [0, 0.05) is 29.4 Å². The summed E-state index contributed by atoms with van der Waals surface area (Å²) in [4.78, 5) is 14.9. The average molecular weight is 213 g/mol. The summed E-state index contributed by atoms with van der Waals surface area (Å²) in [5.74, 6) is 0.712. The number of aromatic amines is 1. The fourth-order valence-electron chi connectivity index (χ4n) is 2.67. The van der Waals surface area contributed by atoms with Gasteiger partial charge in [-0.05, 0) is 30.9 Å². The molecule has 2 heteroatoms. The van der Waals surface area contributed by atoms with Crippen LogP contribution in [0.1, 0.15) is 24.8 Å². The van der Waals surface area contributed by atoms with E-state index < -0.39 is 0 Å². The largest absolute Gasteiger partial charge is 0.361 e. The minimum absolute atomic E-state index is 0.263. The monoisotopic (exact) mass is 213 g/mol. The molecule has 2 nitrogen and oxygen atoms in total. The van der Waals surface area contributed by atoms with Gasteiger partial charge in [0.25, 0.3) is 0 Å². The van der Waals surface area contributed by atoms with Crippen LogP contribution in [0.25, 0.3) is 10.9 Å². The van der Waals surface area contributed by atoms with Gasteiger partial charge in [-0.1, -0.05) is 18.2 Å². The van der Waals surface area contributed by atoms with Crippen molar-refractivity contribution in [1.29, 1.82) is 0 Å². The lowest BCUT2D eigenvalue weighted by Crippen LogP contribution is -2.09. The van der Waals surface area contributed by atoms with Crippen LogP contribution in [0.2, 0.25) is 0 Å². The van der Waals surface area contributed by atoms with E-state index in [-0.39, 0.29) is 5.92 Å². The molecule has 2 aromatic rings. The Balaban J connectivity index is 1.92. The van der Waals surface area contributed by atoms with Crippen LogP contribution in [0.15, 0.2) is 30.5 Å². The molecule has 1 heterocycles. The summed E-state index contributed by atoms with van der Waals surface area (Å²) in [5, 5.41) is 1.27. The first-order valence-electron chi connectivity index (χ1n) is 5.92. The molecule has 1 aliphatic carbocycles. The van der Waals surface area contributed by atoms with Gasteiger partial charge in [0.05, 0.1) is 0 Å². The number of hydrogen-bond acceptors (Lipinski definition) is 1. The van der Waals surface area contributed by atoms with Crippen LogP contribution >= 0.6 is 0 Å². The summed E-state index contributed by atoms with van der Waals surface area (Å²) in [6, 6.07) is 8.29. The molecule has 1 unspecified atom stereocenters. The van der Waals surface area contributed by atoms with Crippen LogP contribution in [0.4, 0.5) is 0 Å². The first-order chi connectivity index (χ1) is 7.84. The van der Waals surface area contributed by atoms with Gasteiger partial charge in [0.1, 0.15) is 5.78 Å². The lowest BCUT2D eigenvalue weighted by Gasteiger charge is -2.06. The Morgan fingerprint density at radius 2 is 2.19 bits per heavy atom. The van der Waals surface area contributed by atoms with Crippen molar-refractivity contribution < 1.29 is 4.79 Å². The number of fused-ring (bicyclic) bond motifs is 1. The molecule has 0 amide bonds. The van der Waals surface area contributed by atoms with E-state index >= 15 is 0 Å². The van der Waals surface area contributed by atoms with Crippen molar-refractivity contribution in [3.63, 3.8) is 0 Å². The Bertz CT molecular complexity index is 526. The van der Waals surface area contributed by atoms with E-state index in [2.05, 4.69) is 29.4 Å². The molecule has 1 fully saturated rings. The number of nitrogens with one attached hydrogen (secondary N) is 1. The highest BCUT2D eigenvalue weighted by Crippen LogP contribution is 2.28. The van der Waals surface area contributed by atoms with E-state index in [1.807, 2.05) is 6.07 Å². The number of ketones is 1. The SMILES string of the molecule is O=C1CCCC1Cc1c[nH]c2ccccc12. The van der Waals surface area contributed by atoms with Gasteiger partial charge in [0.15, 0.2) is 0 Å². The Hall–Kier alpha value is -1.57. The maximum atomic E-state index is 11.6. The maximum absolute atomic E-state index is 11.6. The third-order valence-corrected chi connectivity index (χ3v) is 3.57. The minimum atomic E-state index is 0.263. The van der Waals surface area contributed by atoms with Crippen molar-refractivity contribution in [2.75, 3.05) is 0 Å². The van der Waals surface area contributed by atoms with Crippen molar-refractivity contribution in [3.8, 4) is 0 Å². The van der Waals surface area contributed by atoms with Crippen LogP contribution in [0, 0.1) is 5.92 Å². The third kappa shape index (κ3) is 1.54. The summed E-state index contributed by atoms with van der Waals surface area (Å²) in [6.45, 7) is 0. The lowest BCUT2D eigenvalue weighted by atomic mass is 9.97. The van der Waals surface area contributed by atoms with E-state index in [9.17, 15) is 4.79 Å². The summed E-state index contributed by atoms with van der Waals surface area (Å²) in [5.41, 5.74) is 2.46. The molecule has 16 heavy (non-hydrogen) atoms. The molecule has 3 rings (SSSR count). The Morgan fingerprint density at radius 3 is 3.00 bits per heavy atom. The van der Waals surface area contributed by atoms with Gasteiger partial charge in [-0.25, -0.2) is 0 Å². The molecule has 82 valence electrons. The second-order valence-corrected chi connectivity index (χ2v) is 4.62. The van der Waals surface area contributed by atoms with Crippen molar-refractivity contribution in [2.45, 2.75) is 25.7 Å². The molecule has 1 aliphatic rings. The lowest BCUT2D eigenvalue weighted by molar-refractivity contribution is -0.120. The van der Waals surface area contributed by atoms with E-state index in [4.69, 9.17) is 0 Å². The Labute approximate surface area is 94.7 Å². The van der Waals surface area contributed by atoms with Crippen LogP contribution in [-0.2, 0) is 11.2 Å². The van der Waals surface area contributed by atoms with Crippen LogP contribution in [-0.4, -0.2) is 10.8 Å². The number of aromatic nitrogens is 1. The summed E-state index contributed by atoms with van der Waals surface area (Å²) >= 11 is 0. The van der Waals surface area contributed by atoms with E-state index in [1.165, 1.54) is 16.5 Å². The van der Waals surface area contributed by atoms with Crippen LogP contribution < -0.4 is 0 Å². The normalized spacial score (nSPS) is 20.8. The Morgan fingerprint density at radius 1 is 1.31 bits per heavy atom. The van der Waals surface area contributed by atoms with Gasteiger partial charge < -0.3 is 4.98 Å². The number of H-pyrrole nitrogens is 1. The zero-order valence-corrected chi connectivity index (χ0v) is 9.20. The van der Waals surface area contributed by atoms with Crippen molar-refractivity contribution in [2.24, 2.45) is 5.92 Å². The summed E-state index contributed by atoms with van der Waals surface area (Å²) < 4.78 is 0. The molecule has 0 spiro atoms. The number of carbonyl (C=O) groups excluding carboxylic acids is 1. The van der Waals surface area contributed by atoms with Gasteiger partial charge in [-0.2, -0.15) is 0 Å². The topological polar surface area (TPSA) is 32.9 Å². The molecule has 0 radical (unpaired) electrons. The second kappa shape index (κ2) is 3.78. The Kier molecular flexibility index (Phi) is 2.28. The molecule has 0 bridgehead atoms. The molecule has 1 aromatic carbocycles. The molecule has 1 aromatic heterocycles. The van der Waals surface area contributed by atoms with Crippen molar-refractivity contribution in [1.82, 2.24) is 4.98 Å². The number of benzene rings is 1. The number of hydrogen-bond donors (Lipinski definition) is 1. The van der Waals surface area contributed by atoms with E-state index in [0.717, 1.165) is 25.7 Å². The zero-order chi connectivity index (χ0) is 11.0. The van der Waals surface area contributed by atoms with Crippen LogP contribution in [0.3, 0.4) is 0 Å². The first kappa shape index (κ1) is 9.64. The van der Waals surface area contributed by atoms with Gasteiger partial charge >= 0.3 is 0 Å². The number of para-hydroxylation sites is 1. The number of rotatable bonds is 2. The molecule has 1 atom stereocenters. The van der Waals surface area contributed by atoms with Gasteiger partial charge in [-0.3, -0.25) is 4.79 Å². The molecular formula is C14H15NO. The maximum Gasteiger partial charge on any atom is 0.136 e. The van der Waals surface area contributed by atoms with Gasteiger partial charge in [-0.15, -0.1) is 0 Å². The average Bonchev–Trinajstić information content (AvgIpc) is 2.88. The predicted octanol–water partition coefficient (Wildman–Crippen LogP) is 3.08. The molecule has 0 saturated heterocycles. The summed E-state index contributed by atoms with van der Waals surface area (Å²) in [6.07, 6.45) is 5.89. The number of Topliss-reactive ketones (excluding diaryl/α,β-unsaturated/α-hetero) is 1. The molecule has 1 N–H and O–H groups in total. The number of carbonyl (C=O) groups is 1. The highest BCUT2D eigenvalue weighted by Gasteiger charge is 2.25. The second-order valence-electron chi connectivity index (χ2n) is 4.62.